The lowest BCUT2D eigenvalue weighted by molar-refractivity contribution is -0.142. The Morgan fingerprint density at radius 2 is 1.95 bits per heavy atom. The van der Waals surface area contributed by atoms with Gasteiger partial charge in [-0.25, -0.2) is 4.79 Å². The van der Waals surface area contributed by atoms with Gasteiger partial charge in [-0.05, 0) is 38.0 Å². The van der Waals surface area contributed by atoms with Crippen molar-refractivity contribution in [1.29, 1.82) is 0 Å². The second kappa shape index (κ2) is 7.07. The van der Waals surface area contributed by atoms with E-state index in [1.807, 2.05) is 6.92 Å². The van der Waals surface area contributed by atoms with E-state index in [-0.39, 0.29) is 5.91 Å². The normalized spacial score (nSPS) is 29.9. The fourth-order valence-corrected chi connectivity index (χ4v) is 3.52. The molecule has 0 aliphatic carbocycles. The van der Waals surface area contributed by atoms with Crippen molar-refractivity contribution in [3.63, 3.8) is 0 Å². The van der Waals surface area contributed by atoms with Crippen molar-refractivity contribution in [1.82, 2.24) is 10.6 Å². The van der Waals surface area contributed by atoms with Gasteiger partial charge in [0.1, 0.15) is 6.04 Å². The SMILES string of the molecule is CCCCC(NC(=O)CC1CC2CCC(C1)N2)C(=O)O. The Hall–Kier alpha value is -1.10. The van der Waals surface area contributed by atoms with Gasteiger partial charge in [-0.1, -0.05) is 19.8 Å². The molecule has 114 valence electrons. The van der Waals surface area contributed by atoms with E-state index >= 15 is 0 Å². The Bertz CT molecular complexity index is 347. The molecule has 5 nitrogen and oxygen atoms in total. The summed E-state index contributed by atoms with van der Waals surface area (Å²) >= 11 is 0. The van der Waals surface area contributed by atoms with Crippen molar-refractivity contribution in [3.8, 4) is 0 Å². The molecule has 3 N–H and O–H groups in total. The number of nitrogens with one attached hydrogen (secondary N) is 2. The van der Waals surface area contributed by atoms with Crippen LogP contribution in [0.15, 0.2) is 0 Å². The number of carboxylic acids is 1. The number of hydrogen-bond donors (Lipinski definition) is 3. The fourth-order valence-electron chi connectivity index (χ4n) is 3.52. The van der Waals surface area contributed by atoms with E-state index in [1.54, 1.807) is 0 Å². The van der Waals surface area contributed by atoms with Crippen molar-refractivity contribution < 1.29 is 14.7 Å². The van der Waals surface area contributed by atoms with Crippen LogP contribution in [0.5, 0.6) is 0 Å². The maximum Gasteiger partial charge on any atom is 0.326 e. The third kappa shape index (κ3) is 4.20. The summed E-state index contributed by atoms with van der Waals surface area (Å²) in [6, 6.07) is 0.421. The van der Waals surface area contributed by atoms with E-state index in [4.69, 9.17) is 5.11 Å². The highest BCUT2D eigenvalue weighted by Gasteiger charge is 2.34. The number of piperidine rings is 1. The number of carboxylic acid groups (broad SMARTS) is 1. The van der Waals surface area contributed by atoms with Crippen LogP contribution in [-0.2, 0) is 9.59 Å². The first-order valence-corrected chi connectivity index (χ1v) is 7.86. The summed E-state index contributed by atoms with van der Waals surface area (Å²) in [6.45, 7) is 2.02. The molecule has 0 spiro atoms. The molecule has 2 fully saturated rings. The van der Waals surface area contributed by atoms with E-state index in [1.165, 1.54) is 12.8 Å². The minimum atomic E-state index is -0.919. The molecular formula is C15H26N2O3. The van der Waals surface area contributed by atoms with Crippen molar-refractivity contribution in [2.75, 3.05) is 0 Å². The van der Waals surface area contributed by atoms with Gasteiger partial charge in [-0.3, -0.25) is 4.79 Å². The molecule has 0 aromatic rings. The number of amides is 1. The molecule has 2 bridgehead atoms. The maximum absolute atomic E-state index is 12.0. The summed E-state index contributed by atoms with van der Waals surface area (Å²) in [5.74, 6) is -0.605. The van der Waals surface area contributed by atoms with E-state index in [0.29, 0.717) is 30.8 Å². The molecule has 0 saturated carbocycles. The smallest absolute Gasteiger partial charge is 0.326 e. The zero-order chi connectivity index (χ0) is 14.5. The summed E-state index contributed by atoms with van der Waals surface area (Å²) in [5, 5.41) is 15.4. The van der Waals surface area contributed by atoms with Gasteiger partial charge in [0.2, 0.25) is 5.91 Å². The average Bonchev–Trinajstić information content (AvgIpc) is 2.73. The third-order valence-corrected chi connectivity index (χ3v) is 4.52. The molecule has 20 heavy (non-hydrogen) atoms. The monoisotopic (exact) mass is 282 g/mol. The largest absolute Gasteiger partial charge is 0.480 e. The Morgan fingerprint density at radius 3 is 2.50 bits per heavy atom. The molecule has 5 heteroatoms. The second-order valence-corrected chi connectivity index (χ2v) is 6.28. The number of carbonyl (C=O) groups is 2. The zero-order valence-electron chi connectivity index (χ0n) is 12.2. The van der Waals surface area contributed by atoms with Crippen molar-refractivity contribution in [2.45, 2.75) is 76.4 Å². The van der Waals surface area contributed by atoms with E-state index in [9.17, 15) is 9.59 Å². The zero-order valence-corrected chi connectivity index (χ0v) is 12.2. The van der Waals surface area contributed by atoms with Crippen LogP contribution in [0.1, 0.15) is 58.3 Å². The lowest BCUT2D eigenvalue weighted by Gasteiger charge is -2.29. The number of aliphatic carboxylic acids is 1. The molecule has 0 aromatic heterocycles. The van der Waals surface area contributed by atoms with Crippen LogP contribution in [0.4, 0.5) is 0 Å². The number of fused-ring (bicyclic) bond motifs is 2. The Labute approximate surface area is 120 Å². The van der Waals surface area contributed by atoms with Crippen molar-refractivity contribution in [2.24, 2.45) is 5.92 Å². The molecule has 0 radical (unpaired) electrons. The summed E-state index contributed by atoms with van der Waals surface area (Å²) in [5.41, 5.74) is 0. The minimum absolute atomic E-state index is 0.0974. The highest BCUT2D eigenvalue weighted by molar-refractivity contribution is 5.83. The first kappa shape index (κ1) is 15.3. The first-order chi connectivity index (χ1) is 9.58. The molecule has 2 aliphatic heterocycles. The van der Waals surface area contributed by atoms with Gasteiger partial charge in [0.05, 0.1) is 0 Å². The predicted octanol–water partition coefficient (Wildman–Crippen LogP) is 1.67. The van der Waals surface area contributed by atoms with Crippen molar-refractivity contribution >= 4 is 11.9 Å². The van der Waals surface area contributed by atoms with E-state index in [2.05, 4.69) is 10.6 Å². The minimum Gasteiger partial charge on any atom is -0.480 e. The topological polar surface area (TPSA) is 78.4 Å². The predicted molar refractivity (Wildman–Crippen MR) is 76.4 cm³/mol. The number of carbonyl (C=O) groups excluding carboxylic acids is 1. The van der Waals surface area contributed by atoms with Crippen LogP contribution >= 0.6 is 0 Å². The molecule has 2 saturated heterocycles. The van der Waals surface area contributed by atoms with Crippen LogP contribution in [0.3, 0.4) is 0 Å². The number of unbranched alkanes of at least 4 members (excludes halogenated alkanes) is 1. The Kier molecular flexibility index (Phi) is 5.40. The fraction of sp³-hybridized carbons (Fsp3) is 0.867. The summed E-state index contributed by atoms with van der Waals surface area (Å²) < 4.78 is 0. The van der Waals surface area contributed by atoms with Crippen LogP contribution in [0.25, 0.3) is 0 Å². The van der Waals surface area contributed by atoms with Gasteiger partial charge in [0.15, 0.2) is 0 Å². The molecular weight excluding hydrogens is 256 g/mol. The van der Waals surface area contributed by atoms with Crippen LogP contribution in [0, 0.1) is 5.92 Å². The molecule has 3 atom stereocenters. The highest BCUT2D eigenvalue weighted by Crippen LogP contribution is 2.32. The van der Waals surface area contributed by atoms with Gasteiger partial charge in [-0.15, -0.1) is 0 Å². The van der Waals surface area contributed by atoms with Gasteiger partial charge in [-0.2, -0.15) is 0 Å². The molecule has 1 amide bonds. The highest BCUT2D eigenvalue weighted by atomic mass is 16.4. The summed E-state index contributed by atoms with van der Waals surface area (Å²) in [4.78, 5) is 23.2. The Morgan fingerprint density at radius 1 is 1.30 bits per heavy atom. The molecule has 2 rings (SSSR count). The summed E-state index contributed by atoms with van der Waals surface area (Å²) in [6.07, 6.45) is 7.31. The van der Waals surface area contributed by atoms with Gasteiger partial charge in [0.25, 0.3) is 0 Å². The number of hydrogen-bond acceptors (Lipinski definition) is 3. The molecule has 0 aromatic carbocycles. The third-order valence-electron chi connectivity index (χ3n) is 4.52. The Balaban J connectivity index is 1.77. The maximum atomic E-state index is 12.0. The first-order valence-electron chi connectivity index (χ1n) is 7.86. The molecule has 2 aliphatic rings. The van der Waals surface area contributed by atoms with E-state index < -0.39 is 12.0 Å². The van der Waals surface area contributed by atoms with Gasteiger partial charge >= 0.3 is 5.97 Å². The number of rotatable bonds is 7. The molecule has 3 unspecified atom stereocenters. The van der Waals surface area contributed by atoms with Gasteiger partial charge in [0, 0.05) is 18.5 Å². The van der Waals surface area contributed by atoms with Crippen LogP contribution in [0.2, 0.25) is 0 Å². The standard InChI is InChI=1S/C15H26N2O3/c1-2-3-4-13(15(19)20)17-14(18)9-10-7-11-5-6-12(8-10)16-11/h10-13,16H,2-9H2,1H3,(H,17,18)(H,19,20). The van der Waals surface area contributed by atoms with Crippen LogP contribution < -0.4 is 10.6 Å². The summed E-state index contributed by atoms with van der Waals surface area (Å²) in [7, 11) is 0. The average molecular weight is 282 g/mol. The lowest BCUT2D eigenvalue weighted by Crippen LogP contribution is -2.43. The lowest BCUT2D eigenvalue weighted by atomic mass is 9.89. The van der Waals surface area contributed by atoms with Crippen LogP contribution in [-0.4, -0.2) is 35.1 Å². The second-order valence-electron chi connectivity index (χ2n) is 6.28. The molecule has 2 heterocycles. The quantitative estimate of drug-likeness (QED) is 0.663. The van der Waals surface area contributed by atoms with E-state index in [0.717, 1.165) is 25.7 Å². The van der Waals surface area contributed by atoms with Crippen molar-refractivity contribution in [3.05, 3.63) is 0 Å². The van der Waals surface area contributed by atoms with Gasteiger partial charge < -0.3 is 15.7 Å².